The van der Waals surface area contributed by atoms with Crippen molar-refractivity contribution < 1.29 is 19.4 Å². The Balaban J connectivity index is 2.37. The van der Waals surface area contributed by atoms with E-state index in [1.807, 2.05) is 4.90 Å². The zero-order valence-electron chi connectivity index (χ0n) is 11.3. The van der Waals surface area contributed by atoms with Crippen molar-refractivity contribution in [1.29, 1.82) is 0 Å². The van der Waals surface area contributed by atoms with Crippen molar-refractivity contribution in [3.8, 4) is 11.5 Å². The van der Waals surface area contributed by atoms with E-state index in [0.29, 0.717) is 17.1 Å². The highest BCUT2D eigenvalue weighted by atomic mass is 16.5. The summed E-state index contributed by atoms with van der Waals surface area (Å²) in [5, 5.41) is 9.49. The molecular weight excluding hydrogens is 246 g/mol. The Morgan fingerprint density at radius 2 is 1.68 bits per heavy atom. The van der Waals surface area contributed by atoms with E-state index in [1.165, 1.54) is 0 Å². The third-order valence-corrected chi connectivity index (χ3v) is 3.43. The van der Waals surface area contributed by atoms with E-state index >= 15 is 0 Å². The number of carbonyl (C=O) groups is 1. The van der Waals surface area contributed by atoms with Crippen molar-refractivity contribution in [2.75, 3.05) is 27.3 Å². The van der Waals surface area contributed by atoms with Gasteiger partial charge in [-0.25, -0.2) is 0 Å². The van der Waals surface area contributed by atoms with Gasteiger partial charge in [0.05, 0.1) is 14.2 Å². The molecule has 0 spiro atoms. The number of rotatable bonds is 5. The number of methoxy groups -OCH3 is 2. The molecule has 1 atom stereocenters. The first-order valence-corrected chi connectivity index (χ1v) is 6.35. The van der Waals surface area contributed by atoms with Crippen LogP contribution >= 0.6 is 0 Å². The summed E-state index contributed by atoms with van der Waals surface area (Å²) in [7, 11) is 3.12. The molecule has 0 amide bonds. The zero-order valence-corrected chi connectivity index (χ0v) is 11.3. The molecule has 1 aromatic rings. The quantitative estimate of drug-likeness (QED) is 0.881. The maximum absolute atomic E-state index is 11.6. The monoisotopic (exact) mass is 265 g/mol. The number of hydrogen-bond acceptors (Lipinski definition) is 4. The van der Waals surface area contributed by atoms with E-state index in [1.54, 1.807) is 32.4 Å². The van der Waals surface area contributed by atoms with E-state index in [4.69, 9.17) is 9.47 Å². The second-order valence-electron chi connectivity index (χ2n) is 4.63. The van der Waals surface area contributed by atoms with E-state index in [0.717, 1.165) is 25.9 Å². The topological polar surface area (TPSA) is 59.0 Å². The van der Waals surface area contributed by atoms with Crippen LogP contribution in [0, 0.1) is 0 Å². The summed E-state index contributed by atoms with van der Waals surface area (Å²) in [4.78, 5) is 13.5. The first kappa shape index (κ1) is 13.7. The summed E-state index contributed by atoms with van der Waals surface area (Å²) in [6.07, 6.45) is 2.09. The fourth-order valence-corrected chi connectivity index (χ4v) is 2.50. The average Bonchev–Trinajstić information content (AvgIpc) is 2.91. The summed E-state index contributed by atoms with van der Waals surface area (Å²) in [5.74, 6) is 0.386. The average molecular weight is 265 g/mol. The van der Waals surface area contributed by atoms with Gasteiger partial charge in [-0.15, -0.1) is 0 Å². The minimum Gasteiger partial charge on any atom is -0.497 e. The van der Waals surface area contributed by atoms with Crippen LogP contribution in [0.3, 0.4) is 0 Å². The molecule has 1 aliphatic rings. The molecule has 5 heteroatoms. The lowest BCUT2D eigenvalue weighted by atomic mass is 10.0. The molecule has 104 valence electrons. The number of likely N-dealkylation sites (tertiary alicyclic amines) is 1. The summed E-state index contributed by atoms with van der Waals surface area (Å²) in [6.45, 7) is 1.63. The number of ether oxygens (including phenoxy) is 2. The van der Waals surface area contributed by atoms with Crippen LogP contribution in [0.5, 0.6) is 11.5 Å². The second kappa shape index (κ2) is 5.93. The molecule has 0 radical (unpaired) electrons. The van der Waals surface area contributed by atoms with Gasteiger partial charge in [-0.1, -0.05) is 0 Å². The molecule has 0 saturated carbocycles. The van der Waals surface area contributed by atoms with Crippen molar-refractivity contribution >= 4 is 5.97 Å². The van der Waals surface area contributed by atoms with Gasteiger partial charge < -0.3 is 14.6 Å². The van der Waals surface area contributed by atoms with Crippen LogP contribution in [0.25, 0.3) is 0 Å². The second-order valence-corrected chi connectivity index (χ2v) is 4.63. The predicted molar refractivity (Wildman–Crippen MR) is 70.7 cm³/mol. The molecule has 1 saturated heterocycles. The van der Waals surface area contributed by atoms with E-state index in [9.17, 15) is 9.90 Å². The molecular formula is C14H19NO4. The maximum Gasteiger partial charge on any atom is 0.325 e. The number of carboxylic acids is 1. The van der Waals surface area contributed by atoms with Crippen LogP contribution in [-0.2, 0) is 4.79 Å². The Kier molecular flexibility index (Phi) is 4.27. The molecule has 1 unspecified atom stereocenters. The normalized spacial score (nSPS) is 17.2. The van der Waals surface area contributed by atoms with Crippen molar-refractivity contribution in [2.24, 2.45) is 0 Å². The zero-order chi connectivity index (χ0) is 13.8. The van der Waals surface area contributed by atoms with Crippen molar-refractivity contribution in [3.63, 3.8) is 0 Å². The Morgan fingerprint density at radius 3 is 2.11 bits per heavy atom. The molecule has 0 aliphatic carbocycles. The summed E-state index contributed by atoms with van der Waals surface area (Å²) >= 11 is 0. The molecule has 1 aromatic carbocycles. The molecule has 1 heterocycles. The third kappa shape index (κ3) is 2.98. The van der Waals surface area contributed by atoms with Gasteiger partial charge in [-0.05, 0) is 43.6 Å². The molecule has 1 fully saturated rings. The van der Waals surface area contributed by atoms with Gasteiger partial charge in [0.15, 0.2) is 0 Å². The smallest absolute Gasteiger partial charge is 0.325 e. The summed E-state index contributed by atoms with van der Waals surface area (Å²) < 4.78 is 10.4. The van der Waals surface area contributed by atoms with E-state index < -0.39 is 12.0 Å². The molecule has 1 N–H and O–H groups in total. The molecule has 1 aliphatic heterocycles. The highest BCUT2D eigenvalue weighted by Crippen LogP contribution is 2.31. The van der Waals surface area contributed by atoms with Gasteiger partial charge in [-0.2, -0.15) is 0 Å². The van der Waals surface area contributed by atoms with Crippen LogP contribution in [-0.4, -0.2) is 43.3 Å². The van der Waals surface area contributed by atoms with Crippen molar-refractivity contribution in [1.82, 2.24) is 4.90 Å². The molecule has 19 heavy (non-hydrogen) atoms. The number of benzene rings is 1. The third-order valence-electron chi connectivity index (χ3n) is 3.43. The van der Waals surface area contributed by atoms with E-state index in [-0.39, 0.29) is 0 Å². The van der Waals surface area contributed by atoms with Crippen LogP contribution in [0.15, 0.2) is 18.2 Å². The van der Waals surface area contributed by atoms with Gasteiger partial charge >= 0.3 is 5.97 Å². The SMILES string of the molecule is COc1cc(OC)cc(C(C(=O)O)N2CCCC2)c1. The first-order valence-electron chi connectivity index (χ1n) is 6.35. The van der Waals surface area contributed by atoms with Gasteiger partial charge in [0.2, 0.25) is 0 Å². The van der Waals surface area contributed by atoms with Crippen LogP contribution in [0.2, 0.25) is 0 Å². The highest BCUT2D eigenvalue weighted by molar-refractivity contribution is 5.76. The first-order chi connectivity index (χ1) is 9.15. The largest absolute Gasteiger partial charge is 0.497 e. The predicted octanol–water partition coefficient (Wildman–Crippen LogP) is 1.93. The molecule has 5 nitrogen and oxygen atoms in total. The Hall–Kier alpha value is -1.75. The summed E-state index contributed by atoms with van der Waals surface area (Å²) in [5.41, 5.74) is 0.700. The molecule has 0 aromatic heterocycles. The maximum atomic E-state index is 11.6. The Morgan fingerprint density at radius 1 is 1.16 bits per heavy atom. The lowest BCUT2D eigenvalue weighted by molar-refractivity contribution is -0.143. The van der Waals surface area contributed by atoms with Gasteiger partial charge in [-0.3, -0.25) is 9.69 Å². The van der Waals surface area contributed by atoms with Gasteiger partial charge in [0.25, 0.3) is 0 Å². The van der Waals surface area contributed by atoms with Gasteiger partial charge in [0, 0.05) is 6.07 Å². The molecule has 0 bridgehead atoms. The van der Waals surface area contributed by atoms with Crippen molar-refractivity contribution in [3.05, 3.63) is 23.8 Å². The Labute approximate surface area is 112 Å². The summed E-state index contributed by atoms with van der Waals surface area (Å²) in [6, 6.07) is 4.64. The highest BCUT2D eigenvalue weighted by Gasteiger charge is 2.30. The number of nitrogens with zero attached hydrogens (tertiary/aromatic N) is 1. The van der Waals surface area contributed by atoms with Crippen LogP contribution < -0.4 is 9.47 Å². The minimum absolute atomic E-state index is 0.611. The molecule has 2 rings (SSSR count). The fraction of sp³-hybridized carbons (Fsp3) is 0.500. The minimum atomic E-state index is -0.836. The number of aliphatic carboxylic acids is 1. The number of carboxylic acid groups (broad SMARTS) is 1. The lowest BCUT2D eigenvalue weighted by Crippen LogP contribution is -2.31. The van der Waals surface area contributed by atoms with Crippen LogP contribution in [0.1, 0.15) is 24.4 Å². The lowest BCUT2D eigenvalue weighted by Gasteiger charge is -2.24. The van der Waals surface area contributed by atoms with Crippen molar-refractivity contribution in [2.45, 2.75) is 18.9 Å². The standard InChI is InChI=1S/C14H19NO4/c1-18-11-7-10(8-12(9-11)19-2)13(14(16)17)15-5-3-4-6-15/h7-9,13H,3-6H2,1-2H3,(H,16,17). The van der Waals surface area contributed by atoms with Gasteiger partial charge in [0.1, 0.15) is 17.5 Å². The fourth-order valence-electron chi connectivity index (χ4n) is 2.50. The van der Waals surface area contributed by atoms with E-state index in [2.05, 4.69) is 0 Å². The van der Waals surface area contributed by atoms with Crippen LogP contribution in [0.4, 0.5) is 0 Å². The Bertz CT molecular complexity index is 433. The number of hydrogen-bond donors (Lipinski definition) is 1.